The number of hydrogen-bond acceptors (Lipinski definition) is 4. The second-order valence-corrected chi connectivity index (χ2v) is 25.6. The Balaban J connectivity index is 1.01. The molecule has 0 radical (unpaired) electrons. The Morgan fingerprint density at radius 1 is 0.577 bits per heavy atom. The van der Waals surface area contributed by atoms with E-state index in [-0.39, 0.29) is 29.6 Å². The summed E-state index contributed by atoms with van der Waals surface area (Å²) in [4.78, 5) is 0. The molecule has 0 saturated heterocycles. The minimum Gasteiger partial charge on any atom is -0.422 e. The van der Waals surface area contributed by atoms with Gasteiger partial charge in [-0.3, -0.25) is 0 Å². The molecule has 264 valence electrons. The average molecular weight is 806 g/mol. The van der Waals surface area contributed by atoms with Crippen molar-refractivity contribution in [2.24, 2.45) is 11.8 Å². The van der Waals surface area contributed by atoms with E-state index in [9.17, 15) is 9.13 Å². The summed E-state index contributed by atoms with van der Waals surface area (Å²) < 4.78 is 39.3. The Kier molecular flexibility index (Phi) is 6.08. The van der Waals surface area contributed by atoms with Crippen molar-refractivity contribution < 1.29 is 18.2 Å². The fraction of sp³-hybridized carbons (Fsp3) is 0.429. The van der Waals surface area contributed by atoms with Crippen LogP contribution in [0.4, 0.5) is 0 Å². The number of fused-ring (bicyclic) bond motifs is 31. The maximum atomic E-state index is 13.3. The molecule has 2 saturated carbocycles. The summed E-state index contributed by atoms with van der Waals surface area (Å²) in [5.41, 5.74) is 18.5. The van der Waals surface area contributed by atoms with Gasteiger partial charge in [-0.2, -0.15) is 0 Å². The summed E-state index contributed by atoms with van der Waals surface area (Å²) >= 11 is 25.4. The van der Waals surface area contributed by atoms with Crippen LogP contribution in [0.5, 0.6) is 11.5 Å². The molecule has 10 unspecified atom stereocenters. The Labute approximate surface area is 322 Å². The topological polar surface area (TPSA) is 52.6 Å². The number of hydrogen-bond donors (Lipinski definition) is 0. The first-order valence-corrected chi connectivity index (χ1v) is 25.9. The van der Waals surface area contributed by atoms with Crippen LogP contribution in [0.2, 0.25) is 0 Å². The first-order valence-electron chi connectivity index (χ1n) is 19.0. The molecular weight excluding hydrogens is 772 g/mol. The van der Waals surface area contributed by atoms with E-state index >= 15 is 0 Å². The van der Waals surface area contributed by atoms with Crippen molar-refractivity contribution in [1.82, 2.24) is 0 Å². The van der Waals surface area contributed by atoms with Crippen LogP contribution in [0.15, 0.2) is 70.8 Å². The third kappa shape index (κ3) is 3.87. The minimum absolute atomic E-state index is 0.0139. The van der Waals surface area contributed by atoms with Gasteiger partial charge in [0.25, 0.3) is 0 Å². The van der Waals surface area contributed by atoms with E-state index in [4.69, 9.17) is 54.0 Å². The van der Waals surface area contributed by atoms with E-state index in [0.29, 0.717) is 41.1 Å². The lowest BCUT2D eigenvalue weighted by molar-refractivity contribution is 0.467. The number of allylic oxidation sites excluding steroid dienone is 6. The van der Waals surface area contributed by atoms with E-state index in [0.717, 1.165) is 47.9 Å². The Morgan fingerprint density at radius 3 is 1.92 bits per heavy atom. The van der Waals surface area contributed by atoms with Gasteiger partial charge < -0.3 is 9.05 Å². The lowest BCUT2D eigenvalue weighted by atomic mass is 9.68. The molecule has 10 aliphatic carbocycles. The van der Waals surface area contributed by atoms with Crippen molar-refractivity contribution >= 4 is 57.1 Å². The predicted molar refractivity (Wildman–Crippen MR) is 206 cm³/mol. The molecule has 52 heavy (non-hydrogen) atoms. The molecule has 10 atom stereocenters. The minimum atomic E-state index is -4.01. The third-order valence-corrected chi connectivity index (χ3v) is 17.1. The molecule has 0 spiro atoms. The highest BCUT2D eigenvalue weighted by Crippen LogP contribution is 2.76. The Hall–Kier alpha value is -1.90. The fourth-order valence-electron chi connectivity index (χ4n) is 14.2. The van der Waals surface area contributed by atoms with Gasteiger partial charge in [-0.1, -0.05) is 65.3 Å². The zero-order valence-electron chi connectivity index (χ0n) is 28.1. The van der Waals surface area contributed by atoms with Crippen LogP contribution < -0.4 is 9.05 Å². The van der Waals surface area contributed by atoms with Gasteiger partial charge in [0.2, 0.25) is 0 Å². The van der Waals surface area contributed by atoms with Crippen LogP contribution in [0.3, 0.4) is 0 Å². The van der Waals surface area contributed by atoms with Crippen molar-refractivity contribution in [3.05, 3.63) is 126 Å². The molecule has 10 heteroatoms. The summed E-state index contributed by atoms with van der Waals surface area (Å²) in [6.07, 6.45) is 5.80. The summed E-state index contributed by atoms with van der Waals surface area (Å²) in [5, 5.41) is 0. The second kappa shape index (κ2) is 10.1. The summed E-state index contributed by atoms with van der Waals surface area (Å²) in [7, 11) is 0. The number of rotatable bonds is 4. The standard InChI is InChI=1S/C42H34Cl4O4P2/c43-51(44,47)49-41-37-33-15-34(30-12-26-22-9-21(25(26)11-29(30)33)17-5-1-2-6-18(17)22)38(37)42(50-52(45,46)48)40-36-16-35(39(40)41)31-13-27-23-10-24(28(27)14-32(31)36)20-8-4-3-7-19(20)23/h1-2,5-7,12-14,20-24,29,33-36H,3-4,8-11,15-16H2. The Morgan fingerprint density at radius 2 is 1.19 bits per heavy atom. The quantitative estimate of drug-likeness (QED) is 0.195. The molecule has 0 amide bonds. The van der Waals surface area contributed by atoms with Crippen LogP contribution in [-0.4, -0.2) is 0 Å². The van der Waals surface area contributed by atoms with Crippen LogP contribution in [0.25, 0.3) is 0 Å². The van der Waals surface area contributed by atoms with E-state index in [1.807, 2.05) is 0 Å². The predicted octanol–water partition coefficient (Wildman–Crippen LogP) is 14.0. The molecule has 13 rings (SSSR count). The van der Waals surface area contributed by atoms with Gasteiger partial charge in [0, 0.05) is 103 Å². The van der Waals surface area contributed by atoms with Crippen molar-refractivity contribution in [2.45, 2.75) is 98.7 Å². The van der Waals surface area contributed by atoms with Gasteiger partial charge >= 0.3 is 12.1 Å². The lowest BCUT2D eigenvalue weighted by Gasteiger charge is -2.38. The van der Waals surface area contributed by atoms with E-state index in [2.05, 4.69) is 48.6 Å². The van der Waals surface area contributed by atoms with Crippen LogP contribution in [-0.2, 0) is 9.13 Å². The lowest BCUT2D eigenvalue weighted by Crippen LogP contribution is -2.22. The fourth-order valence-corrected chi connectivity index (χ4v) is 15.8. The highest BCUT2D eigenvalue weighted by Gasteiger charge is 2.59. The molecule has 3 aromatic rings. The van der Waals surface area contributed by atoms with Crippen molar-refractivity contribution in [3.8, 4) is 11.5 Å². The van der Waals surface area contributed by atoms with E-state index in [1.54, 1.807) is 11.1 Å². The van der Waals surface area contributed by atoms with Crippen molar-refractivity contribution in [2.75, 3.05) is 0 Å². The van der Waals surface area contributed by atoms with Crippen molar-refractivity contribution in [1.29, 1.82) is 0 Å². The normalized spacial score (nSPS) is 35.4. The van der Waals surface area contributed by atoms with Crippen molar-refractivity contribution in [3.63, 3.8) is 0 Å². The maximum Gasteiger partial charge on any atom is 0.428 e. The average Bonchev–Trinajstić information content (AvgIpc) is 3.98. The van der Waals surface area contributed by atoms with Gasteiger partial charge in [0.15, 0.2) is 0 Å². The highest BCUT2D eigenvalue weighted by atomic mass is 35.9. The molecule has 0 N–H and O–H groups in total. The SMILES string of the molecule is O=P(Cl)(Cl)Oc1c2c(c(OP(=O)(Cl)Cl)c3c1C1CC3c3cc4c(cc31)C1CC4C3=CCCCC31)C1CC2C2=CC3=C(CC21)C1CC3c2ccccc21. The van der Waals surface area contributed by atoms with E-state index < -0.39 is 12.1 Å². The highest BCUT2D eigenvalue weighted by molar-refractivity contribution is 8.05. The first-order chi connectivity index (χ1) is 25.0. The first kappa shape index (κ1) is 31.3. The molecule has 0 aromatic heterocycles. The van der Waals surface area contributed by atoms with E-state index in [1.165, 1.54) is 70.2 Å². The molecule has 4 nitrogen and oxygen atoms in total. The zero-order valence-corrected chi connectivity index (χ0v) is 32.9. The molecular formula is C42H34Cl4O4P2. The van der Waals surface area contributed by atoms with Crippen LogP contribution in [0.1, 0.15) is 154 Å². The molecule has 10 aliphatic rings. The monoisotopic (exact) mass is 804 g/mol. The van der Waals surface area contributed by atoms with Gasteiger partial charge in [0.1, 0.15) is 11.5 Å². The van der Waals surface area contributed by atoms with Gasteiger partial charge in [-0.05, 0) is 114 Å². The Bertz CT molecular complexity index is 2470. The van der Waals surface area contributed by atoms with Gasteiger partial charge in [-0.25, -0.2) is 9.13 Å². The van der Waals surface area contributed by atoms with Gasteiger partial charge in [-0.15, -0.1) is 0 Å². The molecule has 2 fully saturated rings. The molecule has 0 heterocycles. The summed E-state index contributed by atoms with van der Waals surface area (Å²) in [5.74, 6) is 4.14. The molecule has 3 aromatic carbocycles. The number of halogens is 4. The maximum absolute atomic E-state index is 13.3. The smallest absolute Gasteiger partial charge is 0.422 e. The third-order valence-electron chi connectivity index (χ3n) is 15.5. The zero-order chi connectivity index (χ0) is 34.7. The second-order valence-electron chi connectivity index (χ2n) is 17.2. The number of benzene rings is 3. The van der Waals surface area contributed by atoms with Crippen LogP contribution in [0, 0.1) is 11.8 Å². The summed E-state index contributed by atoms with van der Waals surface area (Å²) in [6.45, 7) is 0. The largest absolute Gasteiger partial charge is 0.428 e. The molecule has 0 aliphatic heterocycles. The molecule has 8 bridgehead atoms. The summed E-state index contributed by atoms with van der Waals surface area (Å²) in [6, 6.07) is 13.9. The van der Waals surface area contributed by atoms with Gasteiger partial charge in [0.05, 0.1) is 0 Å². The van der Waals surface area contributed by atoms with Crippen LogP contribution >= 0.6 is 57.1 Å².